The first kappa shape index (κ1) is 40.1. The average molecular weight is 736 g/mol. The van der Waals surface area contributed by atoms with Crippen molar-refractivity contribution >= 4 is 43.4 Å². The van der Waals surface area contributed by atoms with E-state index in [-0.39, 0.29) is 36.2 Å². The molecule has 0 aliphatic carbocycles. The van der Waals surface area contributed by atoms with E-state index in [1.807, 2.05) is 109 Å². The van der Waals surface area contributed by atoms with Crippen molar-refractivity contribution in [2.24, 2.45) is 11.3 Å². The maximum Gasteiger partial charge on any atom is 0.243 e. The molecule has 4 atom stereocenters. The third-order valence-electron chi connectivity index (χ3n) is 8.87. The number of rotatable bonds is 16. The van der Waals surface area contributed by atoms with Gasteiger partial charge in [0.05, 0.1) is 38.8 Å². The monoisotopic (exact) mass is 735 g/mol. The number of carbonyl (C=O) groups excluding carboxylic acids is 2. The van der Waals surface area contributed by atoms with Gasteiger partial charge in [-0.25, -0.2) is 13.4 Å². The van der Waals surface area contributed by atoms with E-state index in [4.69, 9.17) is 0 Å². The smallest absolute Gasteiger partial charge is 0.243 e. The van der Waals surface area contributed by atoms with E-state index >= 15 is 0 Å². The minimum atomic E-state index is -4.02. The Hall–Kier alpha value is -3.68. The van der Waals surface area contributed by atoms with Gasteiger partial charge in [0.1, 0.15) is 6.04 Å². The van der Waals surface area contributed by atoms with Gasteiger partial charge in [0.25, 0.3) is 0 Å². The van der Waals surface area contributed by atoms with Crippen LogP contribution in [0.2, 0.25) is 0 Å². The van der Waals surface area contributed by atoms with Gasteiger partial charge in [0, 0.05) is 18.6 Å². The number of carbonyl (C=O) groups is 2. The lowest BCUT2D eigenvalue weighted by atomic mass is 9.85. The normalized spacial score (nSPS) is 15.0. The summed E-state index contributed by atoms with van der Waals surface area (Å²) >= 11 is 1.36. The molecular weight excluding hydrogens is 683 g/mol. The molecule has 0 saturated heterocycles. The second-order valence-electron chi connectivity index (χ2n) is 15.2. The minimum absolute atomic E-state index is 0.0378. The first-order chi connectivity index (χ1) is 23.9. The number of fused-ring (bicyclic) bond motifs is 1. The summed E-state index contributed by atoms with van der Waals surface area (Å²) < 4.78 is 30.1. The lowest BCUT2D eigenvalue weighted by molar-refractivity contribution is -0.133. The van der Waals surface area contributed by atoms with Crippen molar-refractivity contribution in [1.29, 1.82) is 0 Å². The summed E-state index contributed by atoms with van der Waals surface area (Å²) in [5.41, 5.74) is 3.04. The lowest BCUT2D eigenvalue weighted by Gasteiger charge is -2.36. The summed E-state index contributed by atoms with van der Waals surface area (Å²) in [4.78, 5) is 32.1. The van der Waals surface area contributed by atoms with E-state index in [2.05, 4.69) is 20.9 Å². The van der Waals surface area contributed by atoms with Gasteiger partial charge in [-0.05, 0) is 67.9 Å². The van der Waals surface area contributed by atoms with Crippen LogP contribution < -0.4 is 16.0 Å². The molecule has 1 heterocycles. The van der Waals surface area contributed by atoms with Gasteiger partial charge in [-0.15, -0.1) is 11.3 Å². The van der Waals surface area contributed by atoms with Crippen LogP contribution in [0.15, 0.2) is 89.3 Å². The largest absolute Gasteiger partial charge is 0.390 e. The Bertz CT molecular complexity index is 1860. The van der Waals surface area contributed by atoms with E-state index in [0.717, 1.165) is 15.8 Å². The fourth-order valence-electron chi connectivity index (χ4n) is 6.06. The minimum Gasteiger partial charge on any atom is -0.390 e. The van der Waals surface area contributed by atoms with E-state index < -0.39 is 51.1 Å². The zero-order valence-electron chi connectivity index (χ0n) is 30.9. The Morgan fingerprint density at radius 2 is 1.49 bits per heavy atom. The molecule has 4 N–H and O–H groups in total. The number of hydrogen-bond acceptors (Lipinski definition) is 8. The van der Waals surface area contributed by atoms with Crippen molar-refractivity contribution in [2.45, 2.75) is 96.5 Å². The molecule has 10 nitrogen and oxygen atoms in total. The van der Waals surface area contributed by atoms with Gasteiger partial charge in [-0.3, -0.25) is 14.9 Å². The van der Waals surface area contributed by atoms with Gasteiger partial charge >= 0.3 is 0 Å². The number of aliphatic hydroxyl groups excluding tert-OH is 1. The van der Waals surface area contributed by atoms with Crippen LogP contribution in [-0.4, -0.2) is 71.9 Å². The summed E-state index contributed by atoms with van der Waals surface area (Å²) in [6.07, 6.45) is -1.04. The van der Waals surface area contributed by atoms with Crippen molar-refractivity contribution in [3.63, 3.8) is 0 Å². The predicted octanol–water partition coefficient (Wildman–Crippen LogP) is 5.48. The third kappa shape index (κ3) is 10.7. The van der Waals surface area contributed by atoms with E-state index in [0.29, 0.717) is 5.52 Å². The number of thiazole rings is 1. The van der Waals surface area contributed by atoms with Gasteiger partial charge in [-0.1, -0.05) is 95.3 Å². The highest BCUT2D eigenvalue weighted by molar-refractivity contribution is 7.89. The van der Waals surface area contributed by atoms with Crippen LogP contribution in [0.3, 0.4) is 0 Å². The first-order valence-corrected chi connectivity index (χ1v) is 19.7. The van der Waals surface area contributed by atoms with Crippen molar-refractivity contribution in [3.05, 3.63) is 95.5 Å². The maximum absolute atomic E-state index is 14.1. The summed E-state index contributed by atoms with van der Waals surface area (Å²) in [6, 6.07) is 21.6. The molecule has 0 aliphatic heterocycles. The highest BCUT2D eigenvalue weighted by atomic mass is 32.2. The van der Waals surface area contributed by atoms with E-state index in [1.165, 1.54) is 21.7 Å². The van der Waals surface area contributed by atoms with Crippen LogP contribution in [0.25, 0.3) is 10.2 Å². The average Bonchev–Trinajstić information content (AvgIpc) is 3.54. The predicted molar refractivity (Wildman–Crippen MR) is 205 cm³/mol. The molecule has 0 unspecified atom stereocenters. The zero-order valence-corrected chi connectivity index (χ0v) is 32.5. The molecule has 1 aromatic heterocycles. The fraction of sp³-hybridized carbons (Fsp3) is 0.462. The molecule has 51 heavy (non-hydrogen) atoms. The lowest BCUT2D eigenvalue weighted by Crippen LogP contribution is -2.61. The topological polar surface area (TPSA) is 141 Å². The quantitative estimate of drug-likeness (QED) is 0.120. The Morgan fingerprint density at radius 1 is 0.863 bits per heavy atom. The van der Waals surface area contributed by atoms with Crippen molar-refractivity contribution < 1.29 is 23.1 Å². The van der Waals surface area contributed by atoms with Crippen molar-refractivity contribution in [3.8, 4) is 0 Å². The van der Waals surface area contributed by atoms with E-state index in [1.54, 1.807) is 24.6 Å². The molecule has 3 aromatic carbocycles. The number of nitrogens with zero attached hydrogens (tertiary/aromatic N) is 2. The number of aromatic nitrogens is 1. The molecule has 12 heteroatoms. The van der Waals surface area contributed by atoms with Gasteiger partial charge in [-0.2, -0.15) is 4.31 Å². The number of sulfonamides is 1. The SMILES string of the molecule is CC(C)CN(C[C@@H](O)[C@H](Cc1ccccc1)NC(=O)[C@@H](NC(=O)[C@@H](C)NC(C)(C)c1ccccc1)C(C)(C)C)S(=O)(=O)c1ccc2ncsc2c1. The molecule has 2 amide bonds. The van der Waals surface area contributed by atoms with Gasteiger partial charge in [0.15, 0.2) is 0 Å². The Labute approximate surface area is 307 Å². The molecule has 0 aliphatic rings. The fourth-order valence-corrected chi connectivity index (χ4v) is 8.50. The second-order valence-corrected chi connectivity index (χ2v) is 18.1. The van der Waals surface area contributed by atoms with Crippen LogP contribution in [0.1, 0.15) is 66.5 Å². The van der Waals surface area contributed by atoms with Crippen LogP contribution in [-0.2, 0) is 31.6 Å². The molecule has 0 fully saturated rings. The van der Waals surface area contributed by atoms with Crippen molar-refractivity contribution in [1.82, 2.24) is 25.2 Å². The van der Waals surface area contributed by atoms with Crippen LogP contribution in [0.4, 0.5) is 0 Å². The molecular formula is C39H53N5O5S2. The summed E-state index contributed by atoms with van der Waals surface area (Å²) in [7, 11) is -4.02. The first-order valence-electron chi connectivity index (χ1n) is 17.4. The Morgan fingerprint density at radius 3 is 2.10 bits per heavy atom. The number of aliphatic hydroxyl groups is 1. The summed E-state index contributed by atoms with van der Waals surface area (Å²) in [5, 5.41) is 21.2. The third-order valence-corrected chi connectivity index (χ3v) is 11.5. The summed E-state index contributed by atoms with van der Waals surface area (Å²) in [5.74, 6) is -0.857. The standard InChI is InChI=1S/C39H53N5O5S2/c1-26(2)23-44(51(48,49)30-19-20-31-34(22-30)50-25-40-31)24-33(45)32(21-28-15-11-9-12-16-28)41-37(47)35(38(4,5)6)42-36(46)27(3)43-39(7,8)29-17-13-10-14-18-29/h9-20,22,25-27,32-33,35,43,45H,21,23-24H2,1-8H3,(H,41,47)(H,42,46)/t27-,32+,33-,35-/m1/s1. The molecule has 0 spiro atoms. The number of hydrogen-bond donors (Lipinski definition) is 4. The molecule has 0 saturated carbocycles. The molecule has 0 bridgehead atoms. The van der Waals surface area contributed by atoms with Crippen molar-refractivity contribution in [2.75, 3.05) is 13.1 Å². The second kappa shape index (κ2) is 16.8. The van der Waals surface area contributed by atoms with Crippen LogP contribution >= 0.6 is 11.3 Å². The van der Waals surface area contributed by atoms with Gasteiger partial charge in [0.2, 0.25) is 21.8 Å². The highest BCUT2D eigenvalue weighted by Crippen LogP contribution is 2.26. The maximum atomic E-state index is 14.1. The van der Waals surface area contributed by atoms with Crippen LogP contribution in [0.5, 0.6) is 0 Å². The van der Waals surface area contributed by atoms with Gasteiger partial charge < -0.3 is 15.7 Å². The van der Waals surface area contributed by atoms with Crippen LogP contribution in [0, 0.1) is 11.3 Å². The number of nitrogens with one attached hydrogen (secondary N) is 3. The zero-order chi connectivity index (χ0) is 37.6. The highest BCUT2D eigenvalue weighted by Gasteiger charge is 2.38. The Balaban J connectivity index is 1.57. The molecule has 276 valence electrons. The molecule has 4 rings (SSSR count). The van der Waals surface area contributed by atoms with E-state index in [9.17, 15) is 23.1 Å². The Kier molecular flexibility index (Phi) is 13.2. The summed E-state index contributed by atoms with van der Waals surface area (Å²) in [6.45, 7) is 15.1. The number of amides is 2. The molecule has 4 aromatic rings. The molecule has 0 radical (unpaired) electrons. The number of benzene rings is 3.